The first-order valence-electron chi connectivity index (χ1n) is 5.41. The van der Waals surface area contributed by atoms with Crippen molar-refractivity contribution in [2.24, 2.45) is 0 Å². The largest absolute Gasteiger partial charge is 0.484 e. The number of benzene rings is 1. The molecule has 1 aliphatic rings. The zero-order valence-corrected chi connectivity index (χ0v) is 9.78. The van der Waals surface area contributed by atoms with Crippen LogP contribution in [0.25, 0.3) is 0 Å². The number of aliphatic hydroxyl groups excluding tert-OH is 1. The van der Waals surface area contributed by atoms with E-state index in [1.807, 2.05) is 17.5 Å². The van der Waals surface area contributed by atoms with E-state index in [0.29, 0.717) is 17.7 Å². The summed E-state index contributed by atoms with van der Waals surface area (Å²) in [6.45, 7) is 0. The van der Waals surface area contributed by atoms with E-state index in [9.17, 15) is 9.50 Å². The van der Waals surface area contributed by atoms with E-state index < -0.39 is 6.10 Å². The fraction of sp³-hybridized carbons (Fsp3) is 0.231. The van der Waals surface area contributed by atoms with Gasteiger partial charge in [0.2, 0.25) is 0 Å². The van der Waals surface area contributed by atoms with Gasteiger partial charge in [-0.15, -0.1) is 11.3 Å². The van der Waals surface area contributed by atoms with E-state index >= 15 is 0 Å². The first-order valence-corrected chi connectivity index (χ1v) is 6.29. The molecule has 88 valence electrons. The summed E-state index contributed by atoms with van der Waals surface area (Å²) in [5.41, 5.74) is 0.666. The second-order valence-electron chi connectivity index (χ2n) is 4.06. The van der Waals surface area contributed by atoms with Gasteiger partial charge in [-0.2, -0.15) is 0 Å². The number of rotatable bonds is 1. The predicted molar refractivity (Wildman–Crippen MR) is 63.7 cm³/mol. The lowest BCUT2D eigenvalue weighted by Crippen LogP contribution is -2.18. The summed E-state index contributed by atoms with van der Waals surface area (Å²) in [7, 11) is 0. The van der Waals surface area contributed by atoms with Crippen LogP contribution in [0.2, 0.25) is 0 Å². The quantitative estimate of drug-likeness (QED) is 0.840. The molecule has 4 heteroatoms. The molecule has 0 saturated carbocycles. The zero-order chi connectivity index (χ0) is 11.8. The van der Waals surface area contributed by atoms with Crippen molar-refractivity contribution in [3.05, 3.63) is 52.0 Å². The summed E-state index contributed by atoms with van der Waals surface area (Å²) < 4.78 is 18.9. The highest BCUT2D eigenvalue weighted by Crippen LogP contribution is 2.41. The molecule has 1 aromatic carbocycles. The van der Waals surface area contributed by atoms with E-state index in [2.05, 4.69) is 0 Å². The number of aliphatic hydroxyl groups is 1. The lowest BCUT2D eigenvalue weighted by atomic mass is 9.98. The van der Waals surface area contributed by atoms with Gasteiger partial charge in [-0.25, -0.2) is 4.39 Å². The van der Waals surface area contributed by atoms with Gasteiger partial charge in [0.1, 0.15) is 17.7 Å². The molecule has 1 aromatic heterocycles. The second kappa shape index (κ2) is 4.13. The highest BCUT2D eigenvalue weighted by Gasteiger charge is 2.28. The van der Waals surface area contributed by atoms with Gasteiger partial charge in [-0.05, 0) is 23.6 Å². The van der Waals surface area contributed by atoms with Gasteiger partial charge >= 0.3 is 0 Å². The molecule has 0 amide bonds. The Labute approximate surface area is 102 Å². The third-order valence-corrected chi connectivity index (χ3v) is 3.87. The molecule has 0 fully saturated rings. The standard InChI is InChI=1S/C13H11FO2S/c14-8-3-4-9-10(15)7-12(16-11(9)6-8)13-2-1-5-17-13/h1-6,10,12,15H,7H2/t10-,12?/m0/s1. The van der Waals surface area contributed by atoms with Crippen LogP contribution in [0.1, 0.15) is 29.1 Å². The molecule has 0 saturated heterocycles. The third-order valence-electron chi connectivity index (χ3n) is 2.90. The molecule has 2 nitrogen and oxygen atoms in total. The van der Waals surface area contributed by atoms with Crippen molar-refractivity contribution >= 4 is 11.3 Å². The maximum Gasteiger partial charge on any atom is 0.136 e. The van der Waals surface area contributed by atoms with Crippen molar-refractivity contribution in [2.45, 2.75) is 18.6 Å². The molecule has 0 radical (unpaired) electrons. The van der Waals surface area contributed by atoms with Crippen LogP contribution in [0.3, 0.4) is 0 Å². The van der Waals surface area contributed by atoms with Crippen LogP contribution in [0.15, 0.2) is 35.7 Å². The van der Waals surface area contributed by atoms with Crippen LogP contribution in [-0.4, -0.2) is 5.11 Å². The van der Waals surface area contributed by atoms with Gasteiger partial charge in [0.25, 0.3) is 0 Å². The SMILES string of the molecule is O[C@H]1CC(c2cccs2)Oc2cc(F)ccc21. The Hall–Kier alpha value is -1.39. The minimum absolute atomic E-state index is 0.181. The predicted octanol–water partition coefficient (Wildman–Crippen LogP) is 3.44. The Morgan fingerprint density at radius 2 is 2.24 bits per heavy atom. The first-order chi connectivity index (χ1) is 8.24. The smallest absolute Gasteiger partial charge is 0.136 e. The van der Waals surface area contributed by atoms with E-state index in [0.717, 1.165) is 4.88 Å². The highest BCUT2D eigenvalue weighted by atomic mass is 32.1. The monoisotopic (exact) mass is 250 g/mol. The minimum atomic E-state index is -0.591. The average Bonchev–Trinajstić information content (AvgIpc) is 2.81. The van der Waals surface area contributed by atoms with Crippen LogP contribution in [0.5, 0.6) is 5.75 Å². The Morgan fingerprint density at radius 3 is 3.00 bits per heavy atom. The van der Waals surface area contributed by atoms with E-state index in [-0.39, 0.29) is 11.9 Å². The lowest BCUT2D eigenvalue weighted by Gasteiger charge is -2.29. The highest BCUT2D eigenvalue weighted by molar-refractivity contribution is 7.10. The van der Waals surface area contributed by atoms with Gasteiger partial charge in [-0.3, -0.25) is 0 Å². The van der Waals surface area contributed by atoms with Crippen molar-refractivity contribution in [1.82, 2.24) is 0 Å². The summed E-state index contributed by atoms with van der Waals surface area (Å²) in [5, 5.41) is 12.0. The minimum Gasteiger partial charge on any atom is -0.484 e. The second-order valence-corrected chi connectivity index (χ2v) is 5.03. The molecule has 1 aliphatic heterocycles. The van der Waals surface area contributed by atoms with Gasteiger partial charge in [-0.1, -0.05) is 6.07 Å². The van der Waals surface area contributed by atoms with Crippen LogP contribution < -0.4 is 4.74 Å². The third kappa shape index (κ3) is 1.94. The number of hydrogen-bond acceptors (Lipinski definition) is 3. The van der Waals surface area contributed by atoms with Crippen molar-refractivity contribution in [1.29, 1.82) is 0 Å². The Morgan fingerprint density at radius 1 is 1.35 bits per heavy atom. The van der Waals surface area contributed by atoms with Crippen LogP contribution in [0.4, 0.5) is 4.39 Å². The van der Waals surface area contributed by atoms with Crippen LogP contribution in [-0.2, 0) is 0 Å². The van der Waals surface area contributed by atoms with Crippen LogP contribution in [0, 0.1) is 5.82 Å². The maximum atomic E-state index is 13.1. The summed E-state index contributed by atoms with van der Waals surface area (Å²) in [4.78, 5) is 1.05. The fourth-order valence-corrected chi connectivity index (χ4v) is 2.83. The molecule has 0 aliphatic carbocycles. The fourth-order valence-electron chi connectivity index (χ4n) is 2.07. The molecule has 2 heterocycles. The van der Waals surface area contributed by atoms with Gasteiger partial charge < -0.3 is 9.84 Å². The molecular formula is C13H11FO2S. The molecule has 2 atom stereocenters. The van der Waals surface area contributed by atoms with Crippen LogP contribution >= 0.6 is 11.3 Å². The maximum absolute atomic E-state index is 13.1. The molecule has 2 aromatic rings. The number of hydrogen-bond donors (Lipinski definition) is 1. The molecule has 17 heavy (non-hydrogen) atoms. The molecule has 0 spiro atoms. The van der Waals surface area contributed by atoms with Crippen molar-refractivity contribution in [2.75, 3.05) is 0 Å². The van der Waals surface area contributed by atoms with E-state index in [1.54, 1.807) is 17.4 Å². The Bertz CT molecular complexity index is 524. The summed E-state index contributed by atoms with van der Waals surface area (Å²) >= 11 is 1.58. The summed E-state index contributed by atoms with van der Waals surface area (Å²) in [6.07, 6.45) is -0.259. The van der Waals surface area contributed by atoms with Crippen molar-refractivity contribution < 1.29 is 14.2 Å². The molecule has 1 unspecified atom stereocenters. The van der Waals surface area contributed by atoms with Crippen molar-refractivity contribution in [3.63, 3.8) is 0 Å². The topological polar surface area (TPSA) is 29.5 Å². The van der Waals surface area contributed by atoms with E-state index in [1.165, 1.54) is 12.1 Å². The molecular weight excluding hydrogens is 239 g/mol. The molecule has 0 bridgehead atoms. The number of fused-ring (bicyclic) bond motifs is 1. The molecule has 3 rings (SSSR count). The first kappa shape index (κ1) is 10.7. The normalized spacial score (nSPS) is 22.9. The van der Waals surface area contributed by atoms with Gasteiger partial charge in [0.15, 0.2) is 0 Å². The van der Waals surface area contributed by atoms with Gasteiger partial charge in [0.05, 0.1) is 6.10 Å². The van der Waals surface area contributed by atoms with Gasteiger partial charge in [0, 0.05) is 22.9 Å². The lowest BCUT2D eigenvalue weighted by molar-refractivity contribution is 0.0671. The summed E-state index contributed by atoms with van der Waals surface area (Å²) in [5.74, 6) is 0.102. The number of ether oxygens (including phenoxy) is 1. The Balaban J connectivity index is 1.97. The average molecular weight is 250 g/mol. The Kier molecular flexibility index (Phi) is 2.61. The number of thiophene rings is 1. The summed E-state index contributed by atoms with van der Waals surface area (Å²) in [6, 6.07) is 8.17. The van der Waals surface area contributed by atoms with E-state index in [4.69, 9.17) is 4.74 Å². The van der Waals surface area contributed by atoms with Crippen molar-refractivity contribution in [3.8, 4) is 5.75 Å². The molecule has 1 N–H and O–H groups in total. The zero-order valence-electron chi connectivity index (χ0n) is 8.97. The number of halogens is 1.